The van der Waals surface area contributed by atoms with Crippen LogP contribution in [0.25, 0.3) is 33.3 Å². The molecule has 3 fully saturated rings. The Balaban J connectivity index is 1.13. The molecule has 0 saturated carbocycles. The summed E-state index contributed by atoms with van der Waals surface area (Å²) in [4.78, 5) is 78.2. The van der Waals surface area contributed by atoms with Gasteiger partial charge in [0, 0.05) is 74.1 Å². The summed E-state index contributed by atoms with van der Waals surface area (Å²) < 4.78 is 13.8. The molecule has 14 heteroatoms. The molecule has 6 bridgehead atoms. The Bertz CT molecular complexity index is 2640. The van der Waals surface area contributed by atoms with Gasteiger partial charge in [-0.25, -0.2) is 5.43 Å². The van der Waals surface area contributed by atoms with E-state index >= 15 is 0 Å². The largest absolute Gasteiger partial charge is 0.464 e. The van der Waals surface area contributed by atoms with E-state index in [9.17, 15) is 24.0 Å². The first-order valence-electron chi connectivity index (χ1n) is 24.5. The molecule has 2 N–H and O–H groups in total. The SMILES string of the molecule is CCn1c(-c2cccnc2C(C)C)c2c3cc(ccc31)-c1cccc(c1)C[C@H](NC(=O)[C@H](C(C)C)N(C)C(=O)[C@H]1CCN(C(=O)C#CC3CCO3)C1)C(=O)N1CCC[C@H](N1)C(=O)OCC(C)(C)C2. The van der Waals surface area contributed by atoms with Gasteiger partial charge in [0.05, 0.1) is 30.5 Å². The van der Waals surface area contributed by atoms with E-state index in [0.29, 0.717) is 45.4 Å². The van der Waals surface area contributed by atoms with E-state index in [2.05, 4.69) is 98.2 Å². The van der Waals surface area contributed by atoms with Gasteiger partial charge in [0.1, 0.15) is 24.2 Å². The zero-order chi connectivity index (χ0) is 48.4. The highest BCUT2D eigenvalue weighted by atomic mass is 16.5. The molecule has 2 aromatic carbocycles. The lowest BCUT2D eigenvalue weighted by atomic mass is 9.83. The van der Waals surface area contributed by atoms with Crippen LogP contribution in [0.3, 0.4) is 0 Å². The van der Waals surface area contributed by atoms with Gasteiger partial charge in [-0.2, -0.15) is 0 Å². The molecule has 4 aliphatic rings. The molecular formula is C54H67N7O7. The van der Waals surface area contributed by atoms with E-state index in [1.165, 1.54) is 15.5 Å². The van der Waals surface area contributed by atoms with Gasteiger partial charge < -0.3 is 29.2 Å². The van der Waals surface area contributed by atoms with Gasteiger partial charge in [-0.05, 0) is 96.9 Å². The van der Waals surface area contributed by atoms with Crippen LogP contribution in [0.15, 0.2) is 60.8 Å². The number of aryl methyl sites for hydroxylation is 1. The highest BCUT2D eigenvalue weighted by molar-refractivity contribution is 5.97. The fourth-order valence-corrected chi connectivity index (χ4v) is 10.3. The minimum absolute atomic E-state index is 0.151. The van der Waals surface area contributed by atoms with Gasteiger partial charge >= 0.3 is 5.97 Å². The second-order valence-electron chi connectivity index (χ2n) is 20.4. The monoisotopic (exact) mass is 926 g/mol. The summed E-state index contributed by atoms with van der Waals surface area (Å²) in [5.41, 5.74) is 11.0. The number of likely N-dealkylation sites (tertiary alicyclic amines) is 1. The number of hydrazine groups is 1. The molecule has 68 heavy (non-hydrogen) atoms. The van der Waals surface area contributed by atoms with Gasteiger partial charge in [0.25, 0.3) is 11.8 Å². The lowest BCUT2D eigenvalue weighted by molar-refractivity contribution is -0.155. The van der Waals surface area contributed by atoms with Crippen LogP contribution in [0.1, 0.15) is 96.9 Å². The Kier molecular flexibility index (Phi) is 14.4. The Hall–Kier alpha value is -6.04. The van der Waals surface area contributed by atoms with Gasteiger partial charge in [-0.3, -0.25) is 34.0 Å². The van der Waals surface area contributed by atoms with Crippen LogP contribution in [0.4, 0.5) is 0 Å². The Morgan fingerprint density at radius 1 is 1.00 bits per heavy atom. The number of likely N-dealkylation sites (N-methyl/N-ethyl adjacent to an activating group) is 1. The van der Waals surface area contributed by atoms with Crippen LogP contribution in [-0.2, 0) is 52.8 Å². The van der Waals surface area contributed by atoms with E-state index in [-0.39, 0.29) is 49.3 Å². The number of rotatable bonds is 8. The molecule has 360 valence electrons. The van der Waals surface area contributed by atoms with Crippen molar-refractivity contribution in [3.63, 3.8) is 0 Å². The predicted octanol–water partition coefficient (Wildman–Crippen LogP) is 6.29. The first kappa shape index (κ1) is 48.4. The van der Waals surface area contributed by atoms with Crippen LogP contribution in [-0.4, -0.2) is 118 Å². The first-order chi connectivity index (χ1) is 32.5. The highest BCUT2D eigenvalue weighted by Gasteiger charge is 2.40. The van der Waals surface area contributed by atoms with Crippen molar-refractivity contribution in [2.45, 2.75) is 124 Å². The molecule has 4 aliphatic heterocycles. The number of carbonyl (C=O) groups excluding carboxylic acids is 5. The second-order valence-corrected chi connectivity index (χ2v) is 20.4. The van der Waals surface area contributed by atoms with Gasteiger partial charge in [-0.15, -0.1) is 0 Å². The molecule has 8 rings (SSSR count). The van der Waals surface area contributed by atoms with E-state index in [1.54, 1.807) is 11.9 Å². The number of nitrogens with zero attached hydrogens (tertiary/aromatic N) is 5. The van der Waals surface area contributed by atoms with Crippen LogP contribution < -0.4 is 10.7 Å². The number of ether oxygens (including phenoxy) is 2. The van der Waals surface area contributed by atoms with Crippen molar-refractivity contribution in [3.05, 3.63) is 77.6 Å². The van der Waals surface area contributed by atoms with Crippen molar-refractivity contribution in [1.82, 2.24) is 35.1 Å². The Labute approximate surface area is 400 Å². The number of esters is 1. The summed E-state index contributed by atoms with van der Waals surface area (Å²) in [6, 6.07) is 16.1. The van der Waals surface area contributed by atoms with Crippen molar-refractivity contribution >= 4 is 40.5 Å². The molecule has 14 nitrogen and oxygen atoms in total. The zero-order valence-corrected chi connectivity index (χ0v) is 40.9. The molecule has 2 aromatic heterocycles. The number of fused-ring (bicyclic) bond motifs is 6. The topological polar surface area (TPSA) is 155 Å². The van der Waals surface area contributed by atoms with Gasteiger partial charge in [0.2, 0.25) is 11.8 Å². The van der Waals surface area contributed by atoms with Crippen LogP contribution in [0.2, 0.25) is 0 Å². The molecule has 4 amide bonds. The third-order valence-electron chi connectivity index (χ3n) is 14.0. The van der Waals surface area contributed by atoms with Crippen molar-refractivity contribution in [3.8, 4) is 34.2 Å². The lowest BCUT2D eigenvalue weighted by Gasteiger charge is -2.37. The maximum absolute atomic E-state index is 14.8. The number of amides is 4. The van der Waals surface area contributed by atoms with Crippen LogP contribution >= 0.6 is 0 Å². The first-order valence-corrected chi connectivity index (χ1v) is 24.5. The summed E-state index contributed by atoms with van der Waals surface area (Å²) in [5, 5.41) is 5.63. The minimum Gasteiger partial charge on any atom is -0.464 e. The molecule has 0 radical (unpaired) electrons. The summed E-state index contributed by atoms with van der Waals surface area (Å²) in [5.74, 6) is 3.00. The molecule has 1 unspecified atom stereocenters. The summed E-state index contributed by atoms with van der Waals surface area (Å²) in [6.07, 6.45) is 4.69. The standard InChI is InChI=1S/C54H67N7O7/c1-9-60-45-19-17-37-29-41(45)42(49(60)40-15-11-23-55-47(40)33(2)3)30-54(6,7)32-68-53(66)43-16-12-24-61(57-43)52(65)44(28-35-13-10-14-36(37)27-35)56-50(63)48(34(4)5)58(8)51(64)38-21-25-59(31-38)46(62)20-18-39-22-26-67-39/h10-11,13-15,17,19,23,27,29,33-34,38-39,43-44,48,57H,9,12,16,21-22,24-26,28,30-32H2,1-8H3,(H,56,63)/t38-,39?,43-,44-,48-/m0/s1. The highest BCUT2D eigenvalue weighted by Crippen LogP contribution is 2.42. The molecule has 0 spiro atoms. The Morgan fingerprint density at radius 2 is 1.78 bits per heavy atom. The second kappa shape index (κ2) is 20.3. The van der Waals surface area contributed by atoms with Gasteiger partial charge in [0.15, 0.2) is 0 Å². The average Bonchev–Trinajstić information content (AvgIpc) is 3.92. The van der Waals surface area contributed by atoms with Crippen molar-refractivity contribution < 1.29 is 33.4 Å². The summed E-state index contributed by atoms with van der Waals surface area (Å²) >= 11 is 0. The van der Waals surface area contributed by atoms with Crippen molar-refractivity contribution in [2.24, 2.45) is 17.3 Å². The van der Waals surface area contributed by atoms with E-state index in [0.717, 1.165) is 57.5 Å². The third-order valence-corrected chi connectivity index (χ3v) is 14.0. The number of aromatic nitrogens is 2. The molecular weight excluding hydrogens is 859 g/mol. The van der Waals surface area contributed by atoms with Crippen molar-refractivity contribution in [1.29, 1.82) is 0 Å². The number of carbonyl (C=O) groups is 5. The number of cyclic esters (lactones) is 1. The minimum atomic E-state index is -1.05. The average molecular weight is 926 g/mol. The maximum Gasteiger partial charge on any atom is 0.324 e. The van der Waals surface area contributed by atoms with Crippen molar-refractivity contribution in [2.75, 3.05) is 39.9 Å². The zero-order valence-electron chi connectivity index (χ0n) is 40.9. The molecule has 4 aromatic rings. The third kappa shape index (κ3) is 10.2. The maximum atomic E-state index is 14.8. The molecule has 3 saturated heterocycles. The van der Waals surface area contributed by atoms with E-state index in [1.807, 2.05) is 38.2 Å². The number of pyridine rings is 1. The fraction of sp³-hybridized carbons (Fsp3) is 0.519. The summed E-state index contributed by atoms with van der Waals surface area (Å²) in [7, 11) is 1.61. The molecule has 5 atom stereocenters. The van der Waals surface area contributed by atoms with E-state index in [4.69, 9.17) is 14.5 Å². The fourth-order valence-electron chi connectivity index (χ4n) is 10.3. The number of benzene rings is 2. The molecule has 6 heterocycles. The number of nitrogens with one attached hydrogen (secondary N) is 2. The van der Waals surface area contributed by atoms with Crippen LogP contribution in [0, 0.1) is 29.1 Å². The smallest absolute Gasteiger partial charge is 0.324 e. The summed E-state index contributed by atoms with van der Waals surface area (Å²) in [6.45, 7) is 16.9. The van der Waals surface area contributed by atoms with Crippen LogP contribution in [0.5, 0.6) is 0 Å². The van der Waals surface area contributed by atoms with Gasteiger partial charge in [-0.1, -0.05) is 77.8 Å². The normalized spacial score (nSPS) is 22.2. The predicted molar refractivity (Wildman–Crippen MR) is 261 cm³/mol. The lowest BCUT2D eigenvalue weighted by Crippen LogP contribution is -2.62. The quantitative estimate of drug-likeness (QED) is 0.153. The van der Waals surface area contributed by atoms with E-state index < -0.39 is 47.2 Å². The number of hydrogen-bond donors (Lipinski definition) is 2. The molecule has 0 aliphatic carbocycles. The number of hydrogen-bond acceptors (Lipinski definition) is 9. The Morgan fingerprint density at radius 3 is 2.50 bits per heavy atom.